The second-order valence-electron chi connectivity index (χ2n) is 5.10. The van der Waals surface area contributed by atoms with E-state index >= 15 is 0 Å². The van der Waals surface area contributed by atoms with E-state index in [1.807, 2.05) is 60.7 Å². The van der Waals surface area contributed by atoms with Gasteiger partial charge in [-0.15, -0.1) is 0 Å². The Hall–Kier alpha value is -2.66. The number of carbonyl (C=O) groups excluding carboxylic acids is 2. The fraction of sp³-hybridized carbons (Fsp3) is 0.222. The van der Waals surface area contributed by atoms with Gasteiger partial charge in [-0.05, 0) is 24.1 Å². The highest BCUT2D eigenvalue weighted by Gasteiger charge is 2.04. The van der Waals surface area contributed by atoms with E-state index in [4.69, 9.17) is 0 Å². The van der Waals surface area contributed by atoms with Gasteiger partial charge in [0.25, 0.3) is 0 Å². The van der Waals surface area contributed by atoms with Gasteiger partial charge in [-0.2, -0.15) is 0 Å². The van der Waals surface area contributed by atoms with Crippen molar-refractivity contribution in [2.45, 2.75) is 6.42 Å². The molecule has 23 heavy (non-hydrogen) atoms. The third-order valence-electron chi connectivity index (χ3n) is 3.21. The van der Waals surface area contributed by atoms with Crippen LogP contribution < -0.4 is 16.0 Å². The summed E-state index contributed by atoms with van der Waals surface area (Å²) in [5.41, 5.74) is 1.93. The van der Waals surface area contributed by atoms with Crippen molar-refractivity contribution in [2.24, 2.45) is 0 Å². The van der Waals surface area contributed by atoms with Crippen molar-refractivity contribution in [1.82, 2.24) is 10.6 Å². The highest BCUT2D eigenvalue weighted by Crippen LogP contribution is 2.03. The van der Waals surface area contributed by atoms with Gasteiger partial charge < -0.3 is 10.6 Å². The van der Waals surface area contributed by atoms with E-state index in [2.05, 4.69) is 16.0 Å². The maximum absolute atomic E-state index is 11.7. The van der Waals surface area contributed by atoms with Crippen LogP contribution in [0.4, 0.5) is 5.69 Å². The molecule has 0 atom stereocenters. The third kappa shape index (κ3) is 6.76. The van der Waals surface area contributed by atoms with Crippen molar-refractivity contribution in [3.8, 4) is 0 Å². The SMILES string of the molecule is O=C(CNCC(=O)Nc1ccccc1)NCCc1ccccc1. The third-order valence-corrected chi connectivity index (χ3v) is 3.21. The van der Waals surface area contributed by atoms with E-state index < -0.39 is 0 Å². The molecule has 0 spiro atoms. The lowest BCUT2D eigenvalue weighted by Crippen LogP contribution is -2.38. The largest absolute Gasteiger partial charge is 0.355 e. The Morgan fingerprint density at radius 3 is 2.09 bits per heavy atom. The molecular formula is C18H21N3O2. The van der Waals surface area contributed by atoms with Gasteiger partial charge in [-0.1, -0.05) is 48.5 Å². The molecular weight excluding hydrogens is 290 g/mol. The second-order valence-corrected chi connectivity index (χ2v) is 5.10. The molecule has 0 fully saturated rings. The van der Waals surface area contributed by atoms with Gasteiger partial charge >= 0.3 is 0 Å². The molecule has 0 radical (unpaired) electrons. The number of hydrogen-bond donors (Lipinski definition) is 3. The summed E-state index contributed by atoms with van der Waals surface area (Å²) in [6, 6.07) is 19.2. The van der Waals surface area contributed by atoms with Crippen LogP contribution in [0.15, 0.2) is 60.7 Å². The molecule has 0 aliphatic heterocycles. The van der Waals surface area contributed by atoms with Gasteiger partial charge in [-0.3, -0.25) is 14.9 Å². The zero-order valence-electron chi connectivity index (χ0n) is 12.9. The van der Waals surface area contributed by atoms with E-state index in [-0.39, 0.29) is 24.9 Å². The maximum Gasteiger partial charge on any atom is 0.238 e. The van der Waals surface area contributed by atoms with Crippen LogP contribution in [-0.2, 0) is 16.0 Å². The molecule has 0 saturated carbocycles. The number of nitrogens with one attached hydrogen (secondary N) is 3. The first kappa shape index (κ1) is 16.7. The van der Waals surface area contributed by atoms with Crippen molar-refractivity contribution in [3.63, 3.8) is 0 Å². The quantitative estimate of drug-likeness (QED) is 0.693. The average molecular weight is 311 g/mol. The summed E-state index contributed by atoms with van der Waals surface area (Å²) in [6.07, 6.45) is 0.793. The topological polar surface area (TPSA) is 70.2 Å². The van der Waals surface area contributed by atoms with Gasteiger partial charge in [0.15, 0.2) is 0 Å². The monoisotopic (exact) mass is 311 g/mol. The Balaban J connectivity index is 1.56. The molecule has 2 aromatic carbocycles. The van der Waals surface area contributed by atoms with Crippen molar-refractivity contribution in [1.29, 1.82) is 0 Å². The lowest BCUT2D eigenvalue weighted by Gasteiger charge is -2.08. The summed E-state index contributed by atoms with van der Waals surface area (Å²) in [5.74, 6) is -0.290. The molecule has 0 bridgehead atoms. The highest BCUT2D eigenvalue weighted by atomic mass is 16.2. The van der Waals surface area contributed by atoms with Crippen LogP contribution in [0, 0.1) is 0 Å². The number of rotatable bonds is 8. The normalized spacial score (nSPS) is 10.1. The van der Waals surface area contributed by atoms with Crippen molar-refractivity contribution < 1.29 is 9.59 Å². The molecule has 0 aliphatic rings. The second kappa shape index (κ2) is 9.38. The molecule has 0 aromatic heterocycles. The summed E-state index contributed by atoms with van der Waals surface area (Å²) in [5, 5.41) is 8.40. The number of carbonyl (C=O) groups is 2. The number of para-hydroxylation sites is 1. The minimum atomic E-state index is -0.173. The zero-order chi connectivity index (χ0) is 16.3. The molecule has 0 saturated heterocycles. The lowest BCUT2D eigenvalue weighted by molar-refractivity contribution is -0.120. The fourth-order valence-corrected chi connectivity index (χ4v) is 2.07. The number of anilines is 1. The molecule has 0 unspecified atom stereocenters. The summed E-state index contributed by atoms with van der Waals surface area (Å²) in [7, 11) is 0. The average Bonchev–Trinajstić information content (AvgIpc) is 2.57. The van der Waals surface area contributed by atoms with Crippen LogP contribution in [0.1, 0.15) is 5.56 Å². The summed E-state index contributed by atoms with van der Waals surface area (Å²) < 4.78 is 0. The predicted molar refractivity (Wildman–Crippen MR) is 91.1 cm³/mol. The highest BCUT2D eigenvalue weighted by molar-refractivity contribution is 5.92. The molecule has 0 heterocycles. The maximum atomic E-state index is 11.7. The van der Waals surface area contributed by atoms with E-state index in [0.29, 0.717) is 6.54 Å². The lowest BCUT2D eigenvalue weighted by atomic mass is 10.1. The number of benzene rings is 2. The molecule has 5 heteroatoms. The Morgan fingerprint density at radius 1 is 0.783 bits per heavy atom. The Labute approximate surface area is 136 Å². The van der Waals surface area contributed by atoms with E-state index in [9.17, 15) is 9.59 Å². The van der Waals surface area contributed by atoms with Gasteiger partial charge in [-0.25, -0.2) is 0 Å². The molecule has 5 nitrogen and oxygen atoms in total. The molecule has 2 aromatic rings. The van der Waals surface area contributed by atoms with Crippen LogP contribution in [0.25, 0.3) is 0 Å². The van der Waals surface area contributed by atoms with Crippen LogP contribution in [-0.4, -0.2) is 31.4 Å². The van der Waals surface area contributed by atoms with Gasteiger partial charge in [0.2, 0.25) is 11.8 Å². The van der Waals surface area contributed by atoms with Crippen LogP contribution in [0.3, 0.4) is 0 Å². The first-order valence-corrected chi connectivity index (χ1v) is 7.60. The minimum Gasteiger partial charge on any atom is -0.355 e. The van der Waals surface area contributed by atoms with Crippen LogP contribution >= 0.6 is 0 Å². The van der Waals surface area contributed by atoms with Gasteiger partial charge in [0.05, 0.1) is 13.1 Å². The Kier molecular flexibility index (Phi) is 6.81. The summed E-state index contributed by atoms with van der Waals surface area (Å²) in [4.78, 5) is 23.4. The van der Waals surface area contributed by atoms with Crippen LogP contribution in [0.5, 0.6) is 0 Å². The molecule has 2 amide bonds. The van der Waals surface area contributed by atoms with E-state index in [0.717, 1.165) is 12.1 Å². The van der Waals surface area contributed by atoms with Gasteiger partial charge in [0.1, 0.15) is 0 Å². The molecule has 120 valence electrons. The first-order valence-electron chi connectivity index (χ1n) is 7.60. The summed E-state index contributed by atoms with van der Waals surface area (Å²) >= 11 is 0. The van der Waals surface area contributed by atoms with E-state index in [1.54, 1.807) is 0 Å². The number of amides is 2. The predicted octanol–water partition coefficient (Wildman–Crippen LogP) is 1.57. The smallest absolute Gasteiger partial charge is 0.238 e. The fourth-order valence-electron chi connectivity index (χ4n) is 2.07. The number of hydrogen-bond acceptors (Lipinski definition) is 3. The summed E-state index contributed by atoms with van der Waals surface area (Å²) in [6.45, 7) is 0.804. The van der Waals surface area contributed by atoms with Crippen molar-refractivity contribution in [3.05, 3.63) is 66.2 Å². The van der Waals surface area contributed by atoms with Gasteiger partial charge in [0, 0.05) is 12.2 Å². The zero-order valence-corrected chi connectivity index (χ0v) is 12.9. The van der Waals surface area contributed by atoms with E-state index in [1.165, 1.54) is 5.56 Å². The first-order chi connectivity index (χ1) is 11.2. The van der Waals surface area contributed by atoms with Crippen molar-refractivity contribution in [2.75, 3.05) is 25.0 Å². The Morgan fingerprint density at radius 2 is 1.39 bits per heavy atom. The van der Waals surface area contributed by atoms with Crippen molar-refractivity contribution >= 4 is 17.5 Å². The molecule has 3 N–H and O–H groups in total. The van der Waals surface area contributed by atoms with Crippen LogP contribution in [0.2, 0.25) is 0 Å². The molecule has 0 aliphatic carbocycles. The standard InChI is InChI=1S/C18H21N3O2/c22-17(20-12-11-15-7-3-1-4-8-15)13-19-14-18(23)21-16-9-5-2-6-10-16/h1-10,19H,11-14H2,(H,20,22)(H,21,23). The minimum absolute atomic E-state index is 0.0982. The Bertz CT molecular complexity index is 615. The molecule has 2 rings (SSSR count).